The molecule has 0 radical (unpaired) electrons. The highest BCUT2D eigenvalue weighted by molar-refractivity contribution is 6.18. The lowest BCUT2D eigenvalue weighted by atomic mass is 9.93. The molecular weight excluding hydrogens is 328 g/mol. The molecule has 0 bridgehead atoms. The van der Waals surface area contributed by atoms with Crippen molar-refractivity contribution >= 4 is 17.6 Å². The first-order valence-corrected chi connectivity index (χ1v) is 8.35. The summed E-state index contributed by atoms with van der Waals surface area (Å²) in [5.41, 5.74) is 2.46. The van der Waals surface area contributed by atoms with E-state index in [0.29, 0.717) is 23.6 Å². The summed E-state index contributed by atoms with van der Waals surface area (Å²) in [7, 11) is 0. The van der Waals surface area contributed by atoms with Crippen LogP contribution < -0.4 is 4.74 Å². The topological polar surface area (TPSA) is 55.8 Å². The normalized spacial score (nSPS) is 10.5. The molecule has 0 atom stereocenters. The van der Waals surface area contributed by atoms with E-state index in [4.69, 9.17) is 21.1 Å². The molecule has 0 saturated carbocycles. The Morgan fingerprint density at radius 2 is 1.83 bits per heavy atom. The van der Waals surface area contributed by atoms with E-state index in [-0.39, 0.29) is 23.7 Å². The fourth-order valence-electron chi connectivity index (χ4n) is 2.69. The molecule has 0 heterocycles. The van der Waals surface area contributed by atoms with Crippen molar-refractivity contribution in [2.45, 2.75) is 27.2 Å². The lowest BCUT2D eigenvalue weighted by molar-refractivity contribution is 0.0521. The summed E-state index contributed by atoms with van der Waals surface area (Å²) in [6.45, 7) is 5.58. The molecule has 0 saturated heterocycles. The Kier molecular flexibility index (Phi) is 6.10. The second-order valence-electron chi connectivity index (χ2n) is 5.36. The van der Waals surface area contributed by atoms with E-state index in [2.05, 4.69) is 0 Å². The summed E-state index contributed by atoms with van der Waals surface area (Å²) >= 11 is 5.91. The SMILES string of the molecule is CCOC(=O)c1c(C)c(CCCl)c(C)c(Oc2ccccc2)c1O. The monoisotopic (exact) mass is 348 g/mol. The number of hydrogen-bond acceptors (Lipinski definition) is 4. The van der Waals surface area contributed by atoms with Gasteiger partial charge in [0, 0.05) is 5.88 Å². The molecule has 0 spiro atoms. The van der Waals surface area contributed by atoms with Crippen molar-refractivity contribution in [3.05, 3.63) is 52.6 Å². The van der Waals surface area contributed by atoms with Gasteiger partial charge in [-0.2, -0.15) is 0 Å². The van der Waals surface area contributed by atoms with Crippen molar-refractivity contribution in [1.82, 2.24) is 0 Å². The van der Waals surface area contributed by atoms with Crippen LogP contribution in [0.25, 0.3) is 0 Å². The zero-order chi connectivity index (χ0) is 17.7. The van der Waals surface area contributed by atoms with Crippen molar-refractivity contribution < 1.29 is 19.4 Å². The van der Waals surface area contributed by atoms with Gasteiger partial charge in [-0.15, -0.1) is 11.6 Å². The highest BCUT2D eigenvalue weighted by atomic mass is 35.5. The third-order valence-electron chi connectivity index (χ3n) is 3.86. The summed E-state index contributed by atoms with van der Waals surface area (Å²) in [5.74, 6) is 0.465. The summed E-state index contributed by atoms with van der Waals surface area (Å²) in [6.07, 6.45) is 0.567. The Hall–Kier alpha value is -2.20. The van der Waals surface area contributed by atoms with Gasteiger partial charge in [-0.3, -0.25) is 0 Å². The van der Waals surface area contributed by atoms with Crippen LogP contribution in [0, 0.1) is 13.8 Å². The van der Waals surface area contributed by atoms with Gasteiger partial charge in [0.15, 0.2) is 11.5 Å². The van der Waals surface area contributed by atoms with E-state index >= 15 is 0 Å². The third kappa shape index (κ3) is 3.65. The second-order valence-corrected chi connectivity index (χ2v) is 5.73. The molecule has 2 aromatic carbocycles. The van der Waals surface area contributed by atoms with Gasteiger partial charge in [-0.25, -0.2) is 4.79 Å². The standard InChI is InChI=1S/C19H21ClO4/c1-4-23-19(22)16-12(2)15(10-11-20)13(3)18(17(16)21)24-14-8-6-5-7-9-14/h5-9,21H,4,10-11H2,1-3H3. The highest BCUT2D eigenvalue weighted by Crippen LogP contribution is 2.41. The molecule has 2 aromatic rings. The maximum Gasteiger partial charge on any atom is 0.342 e. The van der Waals surface area contributed by atoms with Crippen molar-refractivity contribution in [3.8, 4) is 17.2 Å². The summed E-state index contributed by atoms with van der Waals surface area (Å²) in [4.78, 5) is 12.3. The van der Waals surface area contributed by atoms with Crippen LogP contribution in [-0.2, 0) is 11.2 Å². The lowest BCUT2D eigenvalue weighted by Gasteiger charge is -2.20. The average Bonchev–Trinajstić information content (AvgIpc) is 2.57. The molecule has 24 heavy (non-hydrogen) atoms. The molecule has 1 N–H and O–H groups in total. The molecule has 0 aliphatic rings. The fourth-order valence-corrected chi connectivity index (χ4v) is 2.88. The smallest absolute Gasteiger partial charge is 0.342 e. The van der Waals surface area contributed by atoms with Crippen LogP contribution >= 0.6 is 11.6 Å². The number of alkyl halides is 1. The highest BCUT2D eigenvalue weighted by Gasteiger charge is 2.25. The first kappa shape index (κ1) is 18.1. The number of esters is 1. The Morgan fingerprint density at radius 1 is 1.17 bits per heavy atom. The zero-order valence-electron chi connectivity index (χ0n) is 14.1. The first-order valence-electron chi connectivity index (χ1n) is 7.82. The van der Waals surface area contributed by atoms with Crippen molar-refractivity contribution in [1.29, 1.82) is 0 Å². The van der Waals surface area contributed by atoms with E-state index in [1.54, 1.807) is 26.0 Å². The number of phenolic OH excluding ortho intramolecular Hbond substituents is 1. The second kappa shape index (κ2) is 8.06. The fraction of sp³-hybridized carbons (Fsp3) is 0.316. The van der Waals surface area contributed by atoms with Crippen LogP contribution in [0.4, 0.5) is 0 Å². The van der Waals surface area contributed by atoms with E-state index in [0.717, 1.165) is 11.1 Å². The summed E-state index contributed by atoms with van der Waals surface area (Å²) in [6, 6.07) is 9.11. The molecule has 0 aliphatic carbocycles. The minimum atomic E-state index is -0.568. The number of halogens is 1. The van der Waals surface area contributed by atoms with Gasteiger partial charge < -0.3 is 14.6 Å². The van der Waals surface area contributed by atoms with E-state index in [9.17, 15) is 9.90 Å². The molecular formula is C19H21ClO4. The lowest BCUT2D eigenvalue weighted by Crippen LogP contribution is -2.11. The number of rotatable bonds is 6. The predicted octanol–water partition coefficient (Wildman–Crippen LogP) is 4.76. The van der Waals surface area contributed by atoms with Gasteiger partial charge in [-0.1, -0.05) is 18.2 Å². The van der Waals surface area contributed by atoms with Crippen molar-refractivity contribution in [2.24, 2.45) is 0 Å². The number of phenols is 1. The number of para-hydroxylation sites is 1. The Labute approximate surface area is 147 Å². The minimum Gasteiger partial charge on any atom is -0.504 e. The van der Waals surface area contributed by atoms with E-state index in [1.165, 1.54) is 0 Å². The molecule has 0 aromatic heterocycles. The molecule has 0 unspecified atom stereocenters. The Balaban J connectivity index is 2.62. The quantitative estimate of drug-likeness (QED) is 0.604. The molecule has 2 rings (SSSR count). The predicted molar refractivity (Wildman–Crippen MR) is 94.5 cm³/mol. The van der Waals surface area contributed by atoms with E-state index < -0.39 is 5.97 Å². The first-order chi connectivity index (χ1) is 11.5. The third-order valence-corrected chi connectivity index (χ3v) is 4.05. The average molecular weight is 349 g/mol. The maximum absolute atomic E-state index is 12.3. The number of hydrogen-bond donors (Lipinski definition) is 1. The molecule has 0 amide bonds. The Bertz CT molecular complexity index is 726. The number of carbonyl (C=O) groups is 1. The van der Waals surface area contributed by atoms with Crippen LogP contribution in [0.1, 0.15) is 34.0 Å². The molecule has 0 aliphatic heterocycles. The number of ether oxygens (including phenoxy) is 2. The molecule has 4 nitrogen and oxygen atoms in total. The van der Waals surface area contributed by atoms with Crippen LogP contribution in [0.5, 0.6) is 17.2 Å². The maximum atomic E-state index is 12.3. The van der Waals surface area contributed by atoms with Gasteiger partial charge in [0.2, 0.25) is 0 Å². The number of aromatic hydroxyl groups is 1. The zero-order valence-corrected chi connectivity index (χ0v) is 14.8. The van der Waals surface area contributed by atoms with Crippen LogP contribution in [0.15, 0.2) is 30.3 Å². The van der Waals surface area contributed by atoms with Crippen LogP contribution in [0.2, 0.25) is 0 Å². The van der Waals surface area contributed by atoms with Gasteiger partial charge in [0.25, 0.3) is 0 Å². The van der Waals surface area contributed by atoms with Crippen molar-refractivity contribution in [3.63, 3.8) is 0 Å². The van der Waals surface area contributed by atoms with Crippen LogP contribution in [0.3, 0.4) is 0 Å². The molecule has 0 fully saturated rings. The van der Waals surface area contributed by atoms with Crippen LogP contribution in [-0.4, -0.2) is 23.6 Å². The number of benzene rings is 2. The Morgan fingerprint density at radius 3 is 2.42 bits per heavy atom. The molecule has 128 valence electrons. The van der Waals surface area contributed by atoms with Gasteiger partial charge in [-0.05, 0) is 56.0 Å². The van der Waals surface area contributed by atoms with E-state index in [1.807, 2.05) is 25.1 Å². The number of carbonyl (C=O) groups excluding carboxylic acids is 1. The summed E-state index contributed by atoms with van der Waals surface area (Å²) < 4.78 is 10.9. The van der Waals surface area contributed by atoms with Gasteiger partial charge in [0.05, 0.1) is 6.61 Å². The summed E-state index contributed by atoms with van der Waals surface area (Å²) in [5, 5.41) is 10.6. The van der Waals surface area contributed by atoms with Gasteiger partial charge >= 0.3 is 5.97 Å². The molecule has 5 heteroatoms. The largest absolute Gasteiger partial charge is 0.504 e. The van der Waals surface area contributed by atoms with Crippen molar-refractivity contribution in [2.75, 3.05) is 12.5 Å². The van der Waals surface area contributed by atoms with Gasteiger partial charge in [0.1, 0.15) is 11.3 Å². The minimum absolute atomic E-state index is 0.133.